The monoisotopic (exact) mass is 373 g/mol. The summed E-state index contributed by atoms with van der Waals surface area (Å²) in [7, 11) is 1.24. The molecule has 0 spiro atoms. The lowest BCUT2D eigenvalue weighted by Crippen LogP contribution is -2.48. The molecule has 0 bridgehead atoms. The predicted octanol–water partition coefficient (Wildman–Crippen LogP) is 1.70. The molecule has 3 heterocycles. The molecular weight excluding hydrogens is 353 g/mol. The molecular formula is C19H20FN3O4. The fourth-order valence-corrected chi connectivity index (χ4v) is 4.63. The van der Waals surface area contributed by atoms with Crippen LogP contribution in [-0.4, -0.2) is 49.9 Å². The average Bonchev–Trinajstić information content (AvgIpc) is 3.38. The highest BCUT2D eigenvalue weighted by Gasteiger charge is 2.47. The van der Waals surface area contributed by atoms with Gasteiger partial charge in [0.05, 0.1) is 24.2 Å². The van der Waals surface area contributed by atoms with E-state index in [1.807, 2.05) is 9.80 Å². The molecule has 1 aromatic rings. The number of benzene rings is 1. The van der Waals surface area contributed by atoms with Crippen LogP contribution in [0.3, 0.4) is 0 Å². The van der Waals surface area contributed by atoms with Gasteiger partial charge in [0, 0.05) is 24.7 Å². The van der Waals surface area contributed by atoms with Crippen LogP contribution in [0.5, 0.6) is 0 Å². The normalized spacial score (nSPS) is 26.3. The maximum atomic E-state index is 15.1. The fourth-order valence-electron chi connectivity index (χ4n) is 4.63. The number of hydrogen-bond donors (Lipinski definition) is 1. The maximum Gasteiger partial charge on any atom is 0.318 e. The number of carbonyl (C=O) groups is 3. The number of rotatable bonds is 2. The lowest BCUT2D eigenvalue weighted by Gasteiger charge is -2.40. The second kappa shape index (κ2) is 5.68. The van der Waals surface area contributed by atoms with Crippen molar-refractivity contribution in [2.75, 3.05) is 35.3 Å². The summed E-state index contributed by atoms with van der Waals surface area (Å²) in [6, 6.07) is 1.06. The predicted molar refractivity (Wildman–Crippen MR) is 95.6 cm³/mol. The Hall–Kier alpha value is -2.64. The molecule has 1 N–H and O–H groups in total. The zero-order chi connectivity index (χ0) is 18.9. The molecule has 1 saturated heterocycles. The lowest BCUT2D eigenvalue weighted by molar-refractivity contribution is -0.143. The summed E-state index contributed by atoms with van der Waals surface area (Å²) in [6.45, 7) is 0.809. The van der Waals surface area contributed by atoms with Crippen molar-refractivity contribution in [2.24, 2.45) is 5.92 Å². The van der Waals surface area contributed by atoms with E-state index in [2.05, 4.69) is 5.32 Å². The van der Waals surface area contributed by atoms with Crippen molar-refractivity contribution in [3.8, 4) is 0 Å². The summed E-state index contributed by atoms with van der Waals surface area (Å²) in [4.78, 5) is 41.4. The van der Waals surface area contributed by atoms with Gasteiger partial charge in [-0.3, -0.25) is 14.4 Å². The first-order valence-electron chi connectivity index (χ1n) is 9.34. The zero-order valence-electron chi connectivity index (χ0n) is 15.0. The molecule has 1 amide bonds. The van der Waals surface area contributed by atoms with Crippen molar-refractivity contribution in [2.45, 2.75) is 37.8 Å². The molecule has 3 aliphatic heterocycles. The van der Waals surface area contributed by atoms with Gasteiger partial charge in [-0.05, 0) is 31.7 Å². The number of anilines is 3. The van der Waals surface area contributed by atoms with Gasteiger partial charge in [-0.15, -0.1) is 0 Å². The van der Waals surface area contributed by atoms with Gasteiger partial charge in [-0.2, -0.15) is 0 Å². The molecule has 2 unspecified atom stereocenters. The summed E-state index contributed by atoms with van der Waals surface area (Å²) in [5.74, 6) is -2.73. The van der Waals surface area contributed by atoms with Crippen molar-refractivity contribution >= 4 is 34.7 Å². The quantitative estimate of drug-likeness (QED) is 0.628. The van der Waals surface area contributed by atoms with Crippen LogP contribution in [0, 0.1) is 11.7 Å². The number of fused-ring (bicyclic) bond motifs is 5. The number of nitrogens with one attached hydrogen (secondary N) is 1. The second-order valence-corrected chi connectivity index (χ2v) is 7.64. The minimum absolute atomic E-state index is 0.151. The lowest BCUT2D eigenvalue weighted by atomic mass is 9.88. The summed E-state index contributed by atoms with van der Waals surface area (Å²) in [5.41, 5.74) is 1.44. The minimum atomic E-state index is -0.973. The molecule has 27 heavy (non-hydrogen) atoms. The third-order valence-corrected chi connectivity index (χ3v) is 6.04. The first-order valence-corrected chi connectivity index (χ1v) is 9.34. The molecule has 2 fully saturated rings. The Morgan fingerprint density at radius 3 is 2.70 bits per heavy atom. The molecule has 142 valence electrons. The van der Waals surface area contributed by atoms with Gasteiger partial charge in [-0.1, -0.05) is 0 Å². The van der Waals surface area contributed by atoms with Crippen molar-refractivity contribution < 1.29 is 23.5 Å². The molecule has 1 aromatic carbocycles. The van der Waals surface area contributed by atoms with E-state index in [9.17, 15) is 14.4 Å². The number of methoxy groups -OCH3 is 1. The number of nitrogens with zero attached hydrogens (tertiary/aromatic N) is 2. The van der Waals surface area contributed by atoms with Crippen LogP contribution in [0.1, 0.15) is 36.0 Å². The first-order chi connectivity index (χ1) is 13.0. The Labute approximate surface area is 155 Å². The summed E-state index contributed by atoms with van der Waals surface area (Å²) in [5, 5.41) is 2.86. The van der Waals surface area contributed by atoms with E-state index >= 15 is 4.39 Å². The van der Waals surface area contributed by atoms with Crippen molar-refractivity contribution in [3.05, 3.63) is 17.4 Å². The highest BCUT2D eigenvalue weighted by Crippen LogP contribution is 2.50. The van der Waals surface area contributed by atoms with Crippen molar-refractivity contribution in [3.63, 3.8) is 0 Å². The van der Waals surface area contributed by atoms with Gasteiger partial charge >= 0.3 is 5.97 Å². The van der Waals surface area contributed by atoms with E-state index in [1.54, 1.807) is 0 Å². The molecule has 4 aliphatic rings. The van der Waals surface area contributed by atoms with Crippen LogP contribution < -0.4 is 15.1 Å². The number of hydrogen-bond acceptors (Lipinski definition) is 6. The molecule has 1 aliphatic carbocycles. The number of halogens is 1. The molecule has 1 saturated carbocycles. The molecule has 7 nitrogen and oxygen atoms in total. The van der Waals surface area contributed by atoms with Crippen LogP contribution >= 0.6 is 0 Å². The maximum absolute atomic E-state index is 15.1. The number of Topliss-reactive ketones (excluding diaryl/α,β-unsaturated/α-hetero) is 1. The Balaban J connectivity index is 1.71. The van der Waals surface area contributed by atoms with Gasteiger partial charge in [0.1, 0.15) is 17.8 Å². The summed E-state index contributed by atoms with van der Waals surface area (Å²) < 4.78 is 19.9. The van der Waals surface area contributed by atoms with Gasteiger partial charge in [0.25, 0.3) is 0 Å². The van der Waals surface area contributed by atoms with Crippen LogP contribution in [0.25, 0.3) is 0 Å². The Kier molecular flexibility index (Phi) is 3.47. The van der Waals surface area contributed by atoms with E-state index in [1.165, 1.54) is 13.2 Å². The fraction of sp³-hybridized carbons (Fsp3) is 0.526. The molecule has 0 radical (unpaired) electrons. The minimum Gasteiger partial charge on any atom is -0.468 e. The third kappa shape index (κ3) is 2.28. The molecule has 2 atom stereocenters. The Bertz CT molecular complexity index is 882. The molecule has 0 aromatic heterocycles. The van der Waals surface area contributed by atoms with Gasteiger partial charge in [-0.25, -0.2) is 4.39 Å². The SMILES string of the molecule is COC(=O)C1CN(C2CC2)c2c(cc(F)c3c2NC(=O)C2CCCN32)C1=O. The van der Waals surface area contributed by atoms with Crippen LogP contribution in [0.15, 0.2) is 6.07 Å². The first kappa shape index (κ1) is 16.5. The van der Waals surface area contributed by atoms with Crippen LogP contribution in [-0.2, 0) is 14.3 Å². The van der Waals surface area contributed by atoms with E-state index < -0.39 is 23.5 Å². The number of amides is 1. The number of ketones is 1. The number of esters is 1. The smallest absolute Gasteiger partial charge is 0.318 e. The highest BCUT2D eigenvalue weighted by atomic mass is 19.1. The van der Waals surface area contributed by atoms with Crippen LogP contribution in [0.2, 0.25) is 0 Å². The second-order valence-electron chi connectivity index (χ2n) is 7.64. The van der Waals surface area contributed by atoms with E-state index in [0.717, 1.165) is 19.3 Å². The Morgan fingerprint density at radius 1 is 1.22 bits per heavy atom. The van der Waals surface area contributed by atoms with Crippen LogP contribution in [0.4, 0.5) is 21.5 Å². The van der Waals surface area contributed by atoms with Gasteiger partial charge < -0.3 is 19.9 Å². The van der Waals surface area contributed by atoms with Crippen molar-refractivity contribution in [1.82, 2.24) is 0 Å². The van der Waals surface area contributed by atoms with E-state index in [0.29, 0.717) is 30.0 Å². The molecule has 8 heteroatoms. The largest absolute Gasteiger partial charge is 0.468 e. The summed E-state index contributed by atoms with van der Waals surface area (Å²) in [6.07, 6.45) is 3.39. The van der Waals surface area contributed by atoms with Gasteiger partial charge in [0.15, 0.2) is 5.78 Å². The Morgan fingerprint density at radius 2 is 2.00 bits per heavy atom. The number of ether oxygens (including phenoxy) is 1. The van der Waals surface area contributed by atoms with Crippen molar-refractivity contribution in [1.29, 1.82) is 0 Å². The zero-order valence-corrected chi connectivity index (χ0v) is 15.0. The van der Waals surface area contributed by atoms with Gasteiger partial charge in [0.2, 0.25) is 5.91 Å². The van der Waals surface area contributed by atoms with E-state index in [4.69, 9.17) is 4.74 Å². The standard InChI is InChI=1S/C19H20FN3O4/c1-27-19(26)11-8-23(9-4-5-9)15-10(17(11)24)7-12(20)16-14(15)21-18(25)13-3-2-6-22(13)16/h7,9,11,13H,2-6,8H2,1H3,(H,21,25). The topological polar surface area (TPSA) is 79.0 Å². The summed E-state index contributed by atoms with van der Waals surface area (Å²) >= 11 is 0. The highest BCUT2D eigenvalue weighted by molar-refractivity contribution is 6.18. The number of carbonyl (C=O) groups excluding carboxylic acids is 3. The average molecular weight is 373 g/mol. The molecule has 5 rings (SSSR count). The van der Waals surface area contributed by atoms with E-state index in [-0.39, 0.29) is 30.1 Å². The third-order valence-electron chi connectivity index (χ3n) is 6.04.